The molecule has 3 rings (SSSR count). The molecule has 2 aromatic heterocycles. The van der Waals surface area contributed by atoms with Crippen molar-refractivity contribution in [3.05, 3.63) is 60.5 Å². The molecule has 10 nitrogen and oxygen atoms in total. The van der Waals surface area contributed by atoms with E-state index in [9.17, 15) is 14.8 Å². The molecule has 0 aliphatic rings. The first kappa shape index (κ1) is 22.6. The topological polar surface area (TPSA) is 130 Å². The molecular weight excluding hydrogens is 416 g/mol. The standard InChI is InChI=1S/C22H24N4O6/c1-22(2,8-11-31-16-6-9-26(29)10-7-16)25-21(28)20(27)24-15-4-5-17(18(12-15)30-3)19-13-23-14-32-19/h4-7,9-10,12-14H,8,11H2,1-3H3,(H,24,27)(H,25,28). The van der Waals surface area contributed by atoms with Crippen LogP contribution in [0.25, 0.3) is 11.3 Å². The van der Waals surface area contributed by atoms with Crippen LogP contribution in [0.15, 0.2) is 59.7 Å². The van der Waals surface area contributed by atoms with Gasteiger partial charge in [-0.15, -0.1) is 0 Å². The van der Waals surface area contributed by atoms with Gasteiger partial charge < -0.3 is 29.7 Å². The molecule has 0 radical (unpaired) electrons. The first-order valence-corrected chi connectivity index (χ1v) is 9.79. The zero-order valence-electron chi connectivity index (χ0n) is 18.0. The van der Waals surface area contributed by atoms with E-state index in [1.54, 1.807) is 50.4 Å². The molecule has 0 saturated heterocycles. The lowest BCUT2D eigenvalue weighted by molar-refractivity contribution is -0.605. The first-order valence-electron chi connectivity index (χ1n) is 9.79. The van der Waals surface area contributed by atoms with Gasteiger partial charge in [-0.3, -0.25) is 9.59 Å². The molecule has 2 heterocycles. The molecule has 2 amide bonds. The maximum atomic E-state index is 12.4. The summed E-state index contributed by atoms with van der Waals surface area (Å²) in [4.78, 5) is 28.6. The summed E-state index contributed by atoms with van der Waals surface area (Å²) in [5.41, 5.74) is 0.360. The fourth-order valence-electron chi connectivity index (χ4n) is 2.86. The Balaban J connectivity index is 1.54. The monoisotopic (exact) mass is 440 g/mol. The minimum Gasteiger partial charge on any atom is -0.619 e. The lowest BCUT2D eigenvalue weighted by Gasteiger charge is -2.26. The Bertz CT molecular complexity index is 1060. The van der Waals surface area contributed by atoms with E-state index >= 15 is 0 Å². The molecule has 0 atom stereocenters. The Morgan fingerprint density at radius 2 is 1.94 bits per heavy atom. The fourth-order valence-corrected chi connectivity index (χ4v) is 2.86. The van der Waals surface area contributed by atoms with Gasteiger partial charge in [-0.1, -0.05) is 0 Å². The molecule has 32 heavy (non-hydrogen) atoms. The van der Waals surface area contributed by atoms with E-state index in [4.69, 9.17) is 13.9 Å². The van der Waals surface area contributed by atoms with Crippen molar-refractivity contribution in [3.63, 3.8) is 0 Å². The molecule has 168 valence electrons. The number of hydrogen-bond donors (Lipinski definition) is 2. The number of amides is 2. The van der Waals surface area contributed by atoms with Gasteiger partial charge in [0.25, 0.3) is 0 Å². The van der Waals surface area contributed by atoms with Gasteiger partial charge in [0.1, 0.15) is 11.5 Å². The normalized spacial score (nSPS) is 11.0. The molecule has 0 unspecified atom stereocenters. The second kappa shape index (κ2) is 9.82. The van der Waals surface area contributed by atoms with Gasteiger partial charge in [0.2, 0.25) is 0 Å². The van der Waals surface area contributed by atoms with Crippen molar-refractivity contribution in [2.24, 2.45) is 0 Å². The molecule has 0 aliphatic carbocycles. The second-order valence-corrected chi connectivity index (χ2v) is 7.57. The Kier molecular flexibility index (Phi) is 6.93. The van der Waals surface area contributed by atoms with Gasteiger partial charge in [-0.2, -0.15) is 4.73 Å². The number of aromatic nitrogens is 2. The third-order valence-electron chi connectivity index (χ3n) is 4.58. The van der Waals surface area contributed by atoms with Crippen LogP contribution >= 0.6 is 0 Å². The summed E-state index contributed by atoms with van der Waals surface area (Å²) in [7, 11) is 1.49. The summed E-state index contributed by atoms with van der Waals surface area (Å²) in [6.07, 6.45) is 5.97. The quantitative estimate of drug-likeness (QED) is 0.312. The third-order valence-corrected chi connectivity index (χ3v) is 4.58. The Morgan fingerprint density at radius 1 is 1.19 bits per heavy atom. The number of rotatable bonds is 8. The predicted octanol–water partition coefficient (Wildman–Crippen LogP) is 2.29. The van der Waals surface area contributed by atoms with Crippen molar-refractivity contribution in [1.29, 1.82) is 0 Å². The number of oxazole rings is 1. The number of nitrogens with zero attached hydrogens (tertiary/aromatic N) is 2. The Hall–Kier alpha value is -4.08. The van der Waals surface area contributed by atoms with Gasteiger partial charge >= 0.3 is 11.8 Å². The molecule has 0 saturated carbocycles. The number of methoxy groups -OCH3 is 1. The molecular formula is C22H24N4O6. The van der Waals surface area contributed by atoms with Gasteiger partial charge in [0.15, 0.2) is 24.5 Å². The number of benzene rings is 1. The SMILES string of the molecule is COc1cc(NC(=O)C(=O)NC(C)(C)CCOc2cc[n+]([O-])cc2)ccc1-c1cnco1. The third kappa shape index (κ3) is 5.97. The van der Waals surface area contributed by atoms with E-state index in [2.05, 4.69) is 15.6 Å². The van der Waals surface area contributed by atoms with Crippen LogP contribution in [0.4, 0.5) is 5.69 Å². The van der Waals surface area contributed by atoms with Crippen molar-refractivity contribution >= 4 is 17.5 Å². The average molecular weight is 440 g/mol. The van der Waals surface area contributed by atoms with Gasteiger partial charge in [-0.05, 0) is 26.0 Å². The molecule has 0 bridgehead atoms. The predicted molar refractivity (Wildman–Crippen MR) is 115 cm³/mol. The van der Waals surface area contributed by atoms with Crippen molar-refractivity contribution in [1.82, 2.24) is 10.3 Å². The highest BCUT2D eigenvalue weighted by Crippen LogP contribution is 2.32. The summed E-state index contributed by atoms with van der Waals surface area (Å²) in [5.74, 6) is -0.0680. The number of anilines is 1. The van der Waals surface area contributed by atoms with E-state index in [0.29, 0.717) is 39.7 Å². The highest BCUT2D eigenvalue weighted by Gasteiger charge is 2.25. The van der Waals surface area contributed by atoms with Crippen molar-refractivity contribution in [2.75, 3.05) is 19.0 Å². The van der Waals surface area contributed by atoms with Crippen molar-refractivity contribution in [2.45, 2.75) is 25.8 Å². The number of pyridine rings is 1. The van der Waals surface area contributed by atoms with E-state index in [1.807, 2.05) is 0 Å². The largest absolute Gasteiger partial charge is 0.619 e. The Morgan fingerprint density at radius 3 is 2.59 bits per heavy atom. The van der Waals surface area contributed by atoms with Crippen LogP contribution in [0, 0.1) is 5.21 Å². The smallest absolute Gasteiger partial charge is 0.313 e. The fraction of sp³-hybridized carbons (Fsp3) is 0.273. The first-order chi connectivity index (χ1) is 15.3. The molecule has 0 fully saturated rings. The van der Waals surface area contributed by atoms with Crippen LogP contribution in [0.1, 0.15) is 20.3 Å². The molecule has 1 aromatic carbocycles. The van der Waals surface area contributed by atoms with Crippen molar-refractivity contribution in [3.8, 4) is 22.8 Å². The van der Waals surface area contributed by atoms with Crippen LogP contribution in [-0.2, 0) is 9.59 Å². The summed E-state index contributed by atoms with van der Waals surface area (Å²) >= 11 is 0. The van der Waals surface area contributed by atoms with Gasteiger partial charge in [0, 0.05) is 35.8 Å². The Labute approximate surface area is 184 Å². The van der Waals surface area contributed by atoms with E-state index < -0.39 is 17.4 Å². The zero-order chi connectivity index (χ0) is 23.1. The van der Waals surface area contributed by atoms with Crippen molar-refractivity contribution < 1.29 is 28.2 Å². The second-order valence-electron chi connectivity index (χ2n) is 7.57. The summed E-state index contributed by atoms with van der Waals surface area (Å²) in [6.45, 7) is 3.86. The van der Waals surface area contributed by atoms with Gasteiger partial charge in [0.05, 0.1) is 25.5 Å². The maximum absolute atomic E-state index is 12.4. The number of carbonyl (C=O) groups is 2. The maximum Gasteiger partial charge on any atom is 0.313 e. The average Bonchev–Trinajstić information content (AvgIpc) is 3.29. The molecule has 3 aromatic rings. The zero-order valence-corrected chi connectivity index (χ0v) is 18.0. The number of nitrogens with one attached hydrogen (secondary N) is 2. The van der Waals surface area contributed by atoms with Crippen LogP contribution in [-0.4, -0.2) is 36.1 Å². The molecule has 10 heteroatoms. The van der Waals surface area contributed by atoms with Gasteiger partial charge in [-0.25, -0.2) is 4.98 Å². The van der Waals surface area contributed by atoms with E-state index in [-0.39, 0.29) is 6.61 Å². The van der Waals surface area contributed by atoms with E-state index in [1.165, 1.54) is 25.9 Å². The van der Waals surface area contributed by atoms with Crippen LogP contribution in [0.3, 0.4) is 0 Å². The van der Waals surface area contributed by atoms with Crippen LogP contribution in [0.2, 0.25) is 0 Å². The highest BCUT2D eigenvalue weighted by molar-refractivity contribution is 6.39. The summed E-state index contributed by atoms with van der Waals surface area (Å²) in [5, 5.41) is 16.3. The minimum atomic E-state index is -0.809. The van der Waals surface area contributed by atoms with Crippen LogP contribution in [0.5, 0.6) is 11.5 Å². The number of carbonyl (C=O) groups excluding carboxylic acids is 2. The van der Waals surface area contributed by atoms with E-state index in [0.717, 1.165) is 0 Å². The lowest BCUT2D eigenvalue weighted by Crippen LogP contribution is -2.48. The number of ether oxygens (including phenoxy) is 2. The minimum absolute atomic E-state index is 0.290. The molecule has 2 N–H and O–H groups in total. The highest BCUT2D eigenvalue weighted by atomic mass is 16.5. The number of hydrogen-bond acceptors (Lipinski definition) is 7. The molecule has 0 spiro atoms. The lowest BCUT2D eigenvalue weighted by atomic mass is 10.0. The summed E-state index contributed by atoms with van der Waals surface area (Å²) in [6, 6.07) is 8.03. The molecule has 0 aliphatic heterocycles. The van der Waals surface area contributed by atoms with Crippen LogP contribution < -0.4 is 24.8 Å². The summed E-state index contributed by atoms with van der Waals surface area (Å²) < 4.78 is 16.9.